The monoisotopic (exact) mass is 392 g/mol. The maximum Gasteiger partial charge on any atom is 0.329 e. The number of carbonyl (C=O) groups is 3. The number of hydrogen-bond donors (Lipinski definition) is 0. The molecule has 1 atom stereocenters. The molecular formula is C22H20N2O5. The zero-order valence-electron chi connectivity index (χ0n) is 16.0. The summed E-state index contributed by atoms with van der Waals surface area (Å²) >= 11 is 0. The number of ketones is 2. The smallest absolute Gasteiger partial charge is 0.329 e. The van der Waals surface area contributed by atoms with Gasteiger partial charge in [0.05, 0.1) is 18.7 Å². The molecule has 1 fully saturated rings. The molecule has 0 bridgehead atoms. The third-order valence-electron chi connectivity index (χ3n) is 4.88. The molecule has 0 amide bonds. The Morgan fingerprint density at radius 2 is 1.97 bits per heavy atom. The summed E-state index contributed by atoms with van der Waals surface area (Å²) in [6.07, 6.45) is 4.04. The van der Waals surface area contributed by atoms with E-state index in [0.29, 0.717) is 26.3 Å². The lowest BCUT2D eigenvalue weighted by Gasteiger charge is -2.29. The molecule has 148 valence electrons. The third-order valence-corrected chi connectivity index (χ3v) is 4.88. The fourth-order valence-electron chi connectivity index (χ4n) is 3.44. The van der Waals surface area contributed by atoms with Crippen LogP contribution >= 0.6 is 0 Å². The molecule has 7 nitrogen and oxygen atoms in total. The van der Waals surface area contributed by atoms with Crippen LogP contribution in [0.2, 0.25) is 0 Å². The summed E-state index contributed by atoms with van der Waals surface area (Å²) in [5.41, 5.74) is 1.59. The Morgan fingerprint density at radius 3 is 2.72 bits per heavy atom. The van der Waals surface area contributed by atoms with E-state index >= 15 is 0 Å². The van der Waals surface area contributed by atoms with Gasteiger partial charge in [0.1, 0.15) is 11.6 Å². The van der Waals surface area contributed by atoms with Crippen LogP contribution in [-0.2, 0) is 23.9 Å². The van der Waals surface area contributed by atoms with Crippen LogP contribution in [0, 0.1) is 5.92 Å². The topological polar surface area (TPSA) is 85.8 Å². The van der Waals surface area contributed by atoms with Crippen LogP contribution in [0.5, 0.6) is 0 Å². The number of anilines is 1. The number of morpholine rings is 1. The molecule has 0 saturated carbocycles. The predicted octanol–water partition coefficient (Wildman–Crippen LogP) is 2.30. The van der Waals surface area contributed by atoms with Gasteiger partial charge in [-0.2, -0.15) is 0 Å². The molecule has 2 aliphatic heterocycles. The summed E-state index contributed by atoms with van der Waals surface area (Å²) in [5.74, 6) is -2.51. The number of rotatable bonds is 4. The molecule has 2 aromatic rings. The number of esters is 1. The zero-order chi connectivity index (χ0) is 20.4. The Kier molecular flexibility index (Phi) is 5.22. The molecule has 1 saturated heterocycles. The van der Waals surface area contributed by atoms with E-state index < -0.39 is 23.5 Å². The van der Waals surface area contributed by atoms with Gasteiger partial charge >= 0.3 is 5.97 Å². The second-order valence-electron chi connectivity index (χ2n) is 6.94. The number of fused-ring (bicyclic) bond motifs is 1. The first-order valence-corrected chi connectivity index (χ1v) is 9.41. The Labute approximate surface area is 167 Å². The molecule has 1 unspecified atom stereocenters. The van der Waals surface area contributed by atoms with E-state index in [1.807, 2.05) is 30.3 Å². The SMILES string of the molecule is CC1=CC(=O)C(C(=O)C=Cc2cc3ccccc3nc2N2CCOCC2)C(=O)O1. The quantitative estimate of drug-likeness (QED) is 0.448. The molecule has 1 aromatic carbocycles. The number of hydrogen-bond acceptors (Lipinski definition) is 7. The van der Waals surface area contributed by atoms with E-state index in [0.717, 1.165) is 22.3 Å². The number of benzene rings is 1. The zero-order valence-corrected chi connectivity index (χ0v) is 16.0. The minimum atomic E-state index is -1.45. The van der Waals surface area contributed by atoms with Gasteiger partial charge in [0.25, 0.3) is 0 Å². The van der Waals surface area contributed by atoms with Gasteiger partial charge in [-0.25, -0.2) is 4.98 Å². The summed E-state index contributed by atoms with van der Waals surface area (Å²) in [5, 5.41) is 0.934. The molecule has 0 radical (unpaired) electrons. The molecule has 29 heavy (non-hydrogen) atoms. The highest BCUT2D eigenvalue weighted by Crippen LogP contribution is 2.26. The molecule has 4 rings (SSSR count). The van der Waals surface area contributed by atoms with E-state index in [-0.39, 0.29) is 5.76 Å². The van der Waals surface area contributed by atoms with Crippen molar-refractivity contribution in [2.24, 2.45) is 5.92 Å². The van der Waals surface area contributed by atoms with Gasteiger partial charge in [0, 0.05) is 30.1 Å². The van der Waals surface area contributed by atoms with Crippen LogP contribution in [0.3, 0.4) is 0 Å². The van der Waals surface area contributed by atoms with Gasteiger partial charge in [-0.15, -0.1) is 0 Å². The van der Waals surface area contributed by atoms with E-state index in [1.54, 1.807) is 6.08 Å². The lowest BCUT2D eigenvalue weighted by Crippen LogP contribution is -2.37. The molecule has 0 spiro atoms. The van der Waals surface area contributed by atoms with Crippen molar-refractivity contribution in [3.05, 3.63) is 53.8 Å². The summed E-state index contributed by atoms with van der Waals surface area (Å²) in [6, 6.07) is 9.67. The van der Waals surface area contributed by atoms with Gasteiger partial charge in [0.2, 0.25) is 0 Å². The fourth-order valence-corrected chi connectivity index (χ4v) is 3.44. The van der Waals surface area contributed by atoms with E-state index in [4.69, 9.17) is 14.5 Å². The molecule has 0 aliphatic carbocycles. The molecule has 0 N–H and O–H groups in total. The molecule has 2 aliphatic rings. The molecule has 3 heterocycles. The van der Waals surface area contributed by atoms with Crippen molar-refractivity contribution in [3.63, 3.8) is 0 Å². The van der Waals surface area contributed by atoms with Gasteiger partial charge < -0.3 is 14.4 Å². The number of allylic oxidation sites excluding steroid dienone is 3. The summed E-state index contributed by atoms with van der Waals surface area (Å²) in [6.45, 7) is 4.09. The number of pyridine rings is 1. The highest BCUT2D eigenvalue weighted by molar-refractivity contribution is 6.25. The average Bonchev–Trinajstić information content (AvgIpc) is 2.71. The lowest BCUT2D eigenvalue weighted by atomic mass is 9.96. The molecule has 1 aromatic heterocycles. The minimum absolute atomic E-state index is 0.196. The summed E-state index contributed by atoms with van der Waals surface area (Å²) < 4.78 is 10.4. The van der Waals surface area contributed by atoms with Crippen LogP contribution in [-0.4, -0.2) is 48.8 Å². The van der Waals surface area contributed by atoms with Crippen LogP contribution in [0.15, 0.2) is 48.2 Å². The van der Waals surface area contributed by atoms with Crippen LogP contribution in [0.25, 0.3) is 17.0 Å². The van der Waals surface area contributed by atoms with Crippen molar-refractivity contribution in [1.29, 1.82) is 0 Å². The first kappa shape index (κ1) is 19.0. The number of nitrogens with zero attached hydrogens (tertiary/aromatic N) is 2. The van der Waals surface area contributed by atoms with E-state index in [2.05, 4.69) is 4.90 Å². The number of para-hydroxylation sites is 1. The maximum atomic E-state index is 12.6. The number of cyclic esters (lactones) is 1. The van der Waals surface area contributed by atoms with Gasteiger partial charge in [-0.3, -0.25) is 14.4 Å². The summed E-state index contributed by atoms with van der Waals surface area (Å²) in [7, 11) is 0. The second kappa shape index (κ2) is 7.97. The highest BCUT2D eigenvalue weighted by atomic mass is 16.5. The van der Waals surface area contributed by atoms with Gasteiger partial charge in [-0.1, -0.05) is 18.2 Å². The Hall–Kier alpha value is -3.32. The Balaban J connectivity index is 1.68. The lowest BCUT2D eigenvalue weighted by molar-refractivity contribution is -0.151. The average molecular weight is 392 g/mol. The molecule has 7 heteroatoms. The predicted molar refractivity (Wildman–Crippen MR) is 107 cm³/mol. The Morgan fingerprint density at radius 1 is 1.21 bits per heavy atom. The van der Waals surface area contributed by atoms with Crippen LogP contribution in [0.1, 0.15) is 12.5 Å². The Bertz CT molecular complexity index is 1050. The highest BCUT2D eigenvalue weighted by Gasteiger charge is 2.36. The van der Waals surface area contributed by atoms with Crippen molar-refractivity contribution in [3.8, 4) is 0 Å². The first-order chi connectivity index (χ1) is 14.0. The normalized spacial score (nSPS) is 20.1. The van der Waals surface area contributed by atoms with Crippen molar-refractivity contribution >= 4 is 40.3 Å². The van der Waals surface area contributed by atoms with Crippen molar-refractivity contribution in [2.45, 2.75) is 6.92 Å². The summed E-state index contributed by atoms with van der Waals surface area (Å²) in [4.78, 5) is 43.5. The number of ether oxygens (including phenoxy) is 2. The van der Waals surface area contributed by atoms with E-state index in [9.17, 15) is 14.4 Å². The first-order valence-electron chi connectivity index (χ1n) is 9.41. The number of carbonyl (C=O) groups excluding carboxylic acids is 3. The third kappa shape index (κ3) is 3.95. The fraction of sp³-hybridized carbons (Fsp3) is 0.273. The van der Waals surface area contributed by atoms with Crippen LogP contribution in [0.4, 0.5) is 5.82 Å². The minimum Gasteiger partial charge on any atom is -0.430 e. The van der Waals surface area contributed by atoms with Crippen LogP contribution < -0.4 is 4.90 Å². The largest absolute Gasteiger partial charge is 0.430 e. The van der Waals surface area contributed by atoms with Gasteiger partial charge in [0.15, 0.2) is 17.5 Å². The van der Waals surface area contributed by atoms with Gasteiger partial charge in [-0.05, 0) is 31.2 Å². The second-order valence-corrected chi connectivity index (χ2v) is 6.94. The van der Waals surface area contributed by atoms with E-state index in [1.165, 1.54) is 19.1 Å². The maximum absolute atomic E-state index is 12.6. The van der Waals surface area contributed by atoms with Crippen molar-refractivity contribution in [1.82, 2.24) is 4.98 Å². The van der Waals surface area contributed by atoms with Crippen molar-refractivity contribution in [2.75, 3.05) is 31.2 Å². The standard InChI is InChI=1S/C22H20N2O5/c1-14-12-19(26)20(22(27)29-14)18(25)7-6-16-13-15-4-2-3-5-17(15)23-21(16)24-8-10-28-11-9-24/h2-7,12-13,20H,8-11H2,1H3. The van der Waals surface area contributed by atoms with Crippen molar-refractivity contribution < 1.29 is 23.9 Å². The molecular weight excluding hydrogens is 372 g/mol. The number of aromatic nitrogens is 1.